The highest BCUT2D eigenvalue weighted by atomic mass is 16.4. The van der Waals surface area contributed by atoms with Crippen molar-refractivity contribution in [3.05, 3.63) is 65.7 Å². The number of carboxylic acids is 1. The number of carboxylic acid groups (broad SMARTS) is 1. The zero-order valence-corrected chi connectivity index (χ0v) is 21.9. The lowest BCUT2D eigenvalue weighted by molar-refractivity contribution is -0.142. The molecule has 0 saturated carbocycles. The molecule has 3 amide bonds. The summed E-state index contributed by atoms with van der Waals surface area (Å²) in [6, 6.07) is 16.1. The number of benzene rings is 2. The minimum Gasteiger partial charge on any atom is -0.481 e. The van der Waals surface area contributed by atoms with Gasteiger partial charge >= 0.3 is 12.0 Å². The van der Waals surface area contributed by atoms with Crippen LogP contribution in [-0.2, 0) is 22.6 Å². The number of aliphatic carboxylic acids is 1. The van der Waals surface area contributed by atoms with Gasteiger partial charge in [0.25, 0.3) is 0 Å². The van der Waals surface area contributed by atoms with Crippen LogP contribution in [0.2, 0.25) is 0 Å². The van der Waals surface area contributed by atoms with E-state index in [1.165, 1.54) is 17.7 Å². The molecular formula is C30H38N4O4. The van der Waals surface area contributed by atoms with Gasteiger partial charge in [0, 0.05) is 26.2 Å². The highest BCUT2D eigenvalue weighted by Gasteiger charge is 2.42. The predicted octanol–water partition coefficient (Wildman–Crippen LogP) is 3.75. The van der Waals surface area contributed by atoms with Crippen molar-refractivity contribution in [3.8, 4) is 0 Å². The van der Waals surface area contributed by atoms with Gasteiger partial charge in [0.1, 0.15) is 6.04 Å². The molecule has 0 aromatic heterocycles. The molecule has 0 bridgehead atoms. The maximum atomic E-state index is 14.1. The fraction of sp³-hybridized carbons (Fsp3) is 0.500. The maximum absolute atomic E-state index is 14.1. The molecule has 0 spiro atoms. The number of carbonyl (C=O) groups is 3. The minimum atomic E-state index is -1.09. The number of fused-ring (bicyclic) bond motifs is 1. The van der Waals surface area contributed by atoms with Crippen molar-refractivity contribution in [1.82, 2.24) is 15.1 Å². The van der Waals surface area contributed by atoms with Gasteiger partial charge in [-0.1, -0.05) is 48.5 Å². The van der Waals surface area contributed by atoms with E-state index in [0.29, 0.717) is 50.1 Å². The average molecular weight is 519 g/mol. The Morgan fingerprint density at radius 1 is 0.895 bits per heavy atom. The topological polar surface area (TPSA) is 93.2 Å². The van der Waals surface area contributed by atoms with Crippen molar-refractivity contribution in [2.45, 2.75) is 51.1 Å². The fourth-order valence-corrected chi connectivity index (χ4v) is 6.36. The number of hydrogen-bond donors (Lipinski definition) is 2. The first-order valence-electron chi connectivity index (χ1n) is 13.9. The van der Waals surface area contributed by atoms with Crippen molar-refractivity contribution >= 4 is 23.6 Å². The molecule has 3 aliphatic rings. The van der Waals surface area contributed by atoms with Crippen molar-refractivity contribution in [3.63, 3.8) is 0 Å². The van der Waals surface area contributed by atoms with Gasteiger partial charge in [0.15, 0.2) is 0 Å². The third-order valence-corrected chi connectivity index (χ3v) is 8.47. The molecule has 202 valence electrons. The highest BCUT2D eigenvalue weighted by molar-refractivity contribution is 6.03. The van der Waals surface area contributed by atoms with Gasteiger partial charge in [-0.2, -0.15) is 0 Å². The molecule has 1 atom stereocenters. The van der Waals surface area contributed by atoms with Gasteiger partial charge in [-0.25, -0.2) is 4.79 Å². The molecule has 5 rings (SSSR count). The lowest BCUT2D eigenvalue weighted by Crippen LogP contribution is -2.55. The van der Waals surface area contributed by atoms with E-state index in [2.05, 4.69) is 5.32 Å². The van der Waals surface area contributed by atoms with Gasteiger partial charge in [-0.15, -0.1) is 0 Å². The third-order valence-electron chi connectivity index (χ3n) is 8.47. The number of hydrogen-bond acceptors (Lipinski definition) is 4. The Morgan fingerprint density at radius 2 is 1.55 bits per heavy atom. The van der Waals surface area contributed by atoms with Crippen LogP contribution in [0.3, 0.4) is 0 Å². The molecule has 1 unspecified atom stereocenters. The van der Waals surface area contributed by atoms with Crippen LogP contribution in [0.25, 0.3) is 0 Å². The Bertz CT molecular complexity index is 1130. The van der Waals surface area contributed by atoms with Crippen LogP contribution in [0.1, 0.15) is 43.2 Å². The van der Waals surface area contributed by atoms with Crippen molar-refractivity contribution < 1.29 is 19.5 Å². The quantitative estimate of drug-likeness (QED) is 0.608. The van der Waals surface area contributed by atoms with Gasteiger partial charge in [-0.3, -0.25) is 14.5 Å². The summed E-state index contributed by atoms with van der Waals surface area (Å²) in [5.74, 6) is -0.0833. The van der Waals surface area contributed by atoms with E-state index >= 15 is 0 Å². The Morgan fingerprint density at radius 3 is 2.26 bits per heavy atom. The second kappa shape index (κ2) is 12.0. The molecule has 0 aliphatic carbocycles. The number of carbonyl (C=O) groups excluding carboxylic acids is 2. The first kappa shape index (κ1) is 26.2. The summed E-state index contributed by atoms with van der Waals surface area (Å²) in [7, 11) is 0. The van der Waals surface area contributed by atoms with Crippen LogP contribution in [-0.4, -0.2) is 71.6 Å². The maximum Gasteiger partial charge on any atom is 0.325 e. The van der Waals surface area contributed by atoms with E-state index in [1.54, 1.807) is 4.90 Å². The Kier molecular flexibility index (Phi) is 8.27. The van der Waals surface area contributed by atoms with Crippen molar-refractivity contribution in [1.29, 1.82) is 0 Å². The smallest absolute Gasteiger partial charge is 0.325 e. The Labute approximate surface area is 224 Å². The zero-order chi connectivity index (χ0) is 26.5. The van der Waals surface area contributed by atoms with E-state index in [-0.39, 0.29) is 11.9 Å². The first-order chi connectivity index (χ1) is 18.5. The summed E-state index contributed by atoms with van der Waals surface area (Å²) in [6.07, 6.45) is 4.51. The van der Waals surface area contributed by atoms with Crippen LogP contribution < -0.4 is 10.2 Å². The van der Waals surface area contributed by atoms with Gasteiger partial charge in [0.05, 0.1) is 12.1 Å². The summed E-state index contributed by atoms with van der Waals surface area (Å²) < 4.78 is 0. The summed E-state index contributed by atoms with van der Waals surface area (Å²) in [6.45, 7) is 4.20. The molecular weight excluding hydrogens is 480 g/mol. The zero-order valence-electron chi connectivity index (χ0n) is 21.9. The number of likely N-dealkylation sites (tertiary alicyclic amines) is 1. The molecule has 8 heteroatoms. The normalized spacial score (nSPS) is 21.2. The predicted molar refractivity (Wildman–Crippen MR) is 146 cm³/mol. The van der Waals surface area contributed by atoms with Gasteiger partial charge < -0.3 is 20.2 Å². The molecule has 2 aromatic carbocycles. The van der Waals surface area contributed by atoms with E-state index in [9.17, 15) is 19.5 Å². The molecule has 3 aliphatic heterocycles. The van der Waals surface area contributed by atoms with Gasteiger partial charge in [-0.05, 0) is 74.2 Å². The lowest BCUT2D eigenvalue weighted by Gasteiger charge is -2.40. The first-order valence-corrected chi connectivity index (χ1v) is 13.9. The number of para-hydroxylation sites is 1. The van der Waals surface area contributed by atoms with Crippen LogP contribution in [0, 0.1) is 11.8 Å². The number of rotatable bonds is 6. The summed E-state index contributed by atoms with van der Waals surface area (Å²) in [4.78, 5) is 44.9. The lowest BCUT2D eigenvalue weighted by atomic mass is 9.79. The highest BCUT2D eigenvalue weighted by Crippen LogP contribution is 2.34. The number of urea groups is 1. The van der Waals surface area contributed by atoms with E-state index in [0.717, 1.165) is 37.1 Å². The molecule has 2 N–H and O–H groups in total. The largest absolute Gasteiger partial charge is 0.481 e. The van der Waals surface area contributed by atoms with Crippen LogP contribution >= 0.6 is 0 Å². The molecule has 8 nitrogen and oxygen atoms in total. The van der Waals surface area contributed by atoms with E-state index < -0.39 is 18.4 Å². The van der Waals surface area contributed by atoms with Crippen LogP contribution in [0.4, 0.5) is 10.5 Å². The minimum absolute atomic E-state index is 0.259. The summed E-state index contributed by atoms with van der Waals surface area (Å²) in [5, 5.41) is 13.2. The monoisotopic (exact) mass is 518 g/mol. The van der Waals surface area contributed by atoms with Gasteiger partial charge in [0.2, 0.25) is 5.91 Å². The second-order valence-corrected chi connectivity index (χ2v) is 10.8. The van der Waals surface area contributed by atoms with E-state index in [4.69, 9.17) is 0 Å². The van der Waals surface area contributed by atoms with Crippen LogP contribution in [0.5, 0.6) is 0 Å². The summed E-state index contributed by atoms with van der Waals surface area (Å²) >= 11 is 0. The van der Waals surface area contributed by atoms with Crippen LogP contribution in [0.15, 0.2) is 54.6 Å². The molecule has 2 saturated heterocycles. The fourth-order valence-electron chi connectivity index (χ4n) is 6.36. The summed E-state index contributed by atoms with van der Waals surface area (Å²) in [5.41, 5.74) is 2.61. The molecule has 38 heavy (non-hydrogen) atoms. The van der Waals surface area contributed by atoms with Crippen molar-refractivity contribution in [2.75, 3.05) is 37.6 Å². The molecule has 0 radical (unpaired) electrons. The number of nitrogens with zero attached hydrogens (tertiary/aromatic N) is 3. The molecule has 2 aromatic rings. The number of piperidine rings is 2. The molecule has 3 heterocycles. The SMILES string of the molecule is O=C(O)CC1C(=O)N(CCc2ccccc2)Cc2ccccc2N1C(=O)N1CCC(C2CCNCC2)CC1. The Hall–Kier alpha value is -3.39. The average Bonchev–Trinajstić information content (AvgIpc) is 3.06. The molecule has 2 fully saturated rings. The van der Waals surface area contributed by atoms with Crippen molar-refractivity contribution in [2.24, 2.45) is 11.8 Å². The third kappa shape index (κ3) is 5.85. The number of anilines is 1. The Balaban J connectivity index is 1.38. The standard InChI is InChI=1S/C30H38N4O4/c35-28(36)20-27-29(37)33(17-12-22-6-2-1-3-7-22)21-25-8-4-5-9-26(25)34(27)30(38)32-18-13-24(14-19-32)23-10-15-31-16-11-23/h1-9,23-24,27,31H,10-21H2,(H,35,36). The number of nitrogens with one attached hydrogen (secondary N) is 1. The number of amides is 3. The van der Waals surface area contributed by atoms with E-state index in [1.807, 2.05) is 59.5 Å². The second-order valence-electron chi connectivity index (χ2n) is 10.8.